The molecule has 4 aromatic rings. The van der Waals surface area contributed by atoms with Gasteiger partial charge in [-0.25, -0.2) is 14.4 Å². The van der Waals surface area contributed by atoms with Crippen molar-refractivity contribution in [2.24, 2.45) is 0 Å². The van der Waals surface area contributed by atoms with Gasteiger partial charge in [-0.1, -0.05) is 0 Å². The average Bonchev–Trinajstić information content (AvgIpc) is 3.41. The predicted molar refractivity (Wildman–Crippen MR) is 118 cm³/mol. The summed E-state index contributed by atoms with van der Waals surface area (Å²) in [5.74, 6) is 0.198. The van der Waals surface area contributed by atoms with E-state index in [2.05, 4.69) is 30.8 Å². The number of thiophene rings is 1. The summed E-state index contributed by atoms with van der Waals surface area (Å²) in [5, 5.41) is 17.2. The number of halogens is 1. The number of nitrogens with zero attached hydrogens (tertiary/aromatic N) is 5. The summed E-state index contributed by atoms with van der Waals surface area (Å²) >= 11 is 1.37. The fourth-order valence-electron chi connectivity index (χ4n) is 3.84. The minimum atomic E-state index is -0.488. The second-order valence-electron chi connectivity index (χ2n) is 7.64. The summed E-state index contributed by atoms with van der Waals surface area (Å²) in [7, 11) is 0. The van der Waals surface area contributed by atoms with Crippen molar-refractivity contribution in [3.8, 4) is 5.69 Å². The first-order chi connectivity index (χ1) is 15.1. The van der Waals surface area contributed by atoms with Gasteiger partial charge in [-0.2, -0.15) is 5.10 Å². The highest BCUT2D eigenvalue weighted by atomic mass is 32.1. The van der Waals surface area contributed by atoms with Gasteiger partial charge in [0.25, 0.3) is 5.56 Å². The van der Waals surface area contributed by atoms with Crippen LogP contribution in [0, 0.1) is 12.7 Å². The highest BCUT2D eigenvalue weighted by molar-refractivity contribution is 7.17. The molecule has 1 aliphatic carbocycles. The fourth-order valence-corrected chi connectivity index (χ4v) is 4.67. The smallest absolute Gasteiger partial charge is 0.273 e. The number of fused-ring (bicyclic) bond motifs is 1. The number of pyridine rings is 2. The van der Waals surface area contributed by atoms with Gasteiger partial charge >= 0.3 is 0 Å². The molecule has 8 nitrogen and oxygen atoms in total. The highest BCUT2D eigenvalue weighted by Gasteiger charge is 2.26. The van der Waals surface area contributed by atoms with Gasteiger partial charge in [0.1, 0.15) is 4.70 Å². The fraction of sp³-hybridized carbons (Fsp3) is 0.286. The Labute approximate surface area is 181 Å². The topological polar surface area (TPSA) is 97.6 Å². The highest BCUT2D eigenvalue weighted by Crippen LogP contribution is 2.26. The van der Waals surface area contributed by atoms with Crippen LogP contribution < -0.4 is 16.2 Å². The Morgan fingerprint density at radius 3 is 2.74 bits per heavy atom. The molecule has 1 fully saturated rings. The predicted octanol–water partition coefficient (Wildman–Crippen LogP) is 3.52. The van der Waals surface area contributed by atoms with E-state index in [1.165, 1.54) is 28.2 Å². The Morgan fingerprint density at radius 1 is 1.13 bits per heavy atom. The van der Waals surface area contributed by atoms with E-state index in [1.54, 1.807) is 12.4 Å². The molecule has 1 saturated carbocycles. The lowest BCUT2D eigenvalue weighted by Crippen LogP contribution is -2.23. The molecule has 5 rings (SSSR count). The second-order valence-corrected chi connectivity index (χ2v) is 8.55. The van der Waals surface area contributed by atoms with E-state index >= 15 is 0 Å². The van der Waals surface area contributed by atoms with Gasteiger partial charge in [-0.05, 0) is 49.1 Å². The molecule has 0 aliphatic heterocycles. The van der Waals surface area contributed by atoms with Gasteiger partial charge in [0, 0.05) is 24.3 Å². The van der Waals surface area contributed by atoms with Crippen LogP contribution in [-0.2, 0) is 0 Å². The molecule has 2 N–H and O–H groups in total. The zero-order chi connectivity index (χ0) is 21.4. The van der Waals surface area contributed by atoms with Gasteiger partial charge < -0.3 is 10.6 Å². The Bertz CT molecular complexity index is 1290. The van der Waals surface area contributed by atoms with Crippen molar-refractivity contribution in [2.45, 2.75) is 38.3 Å². The Morgan fingerprint density at radius 2 is 1.97 bits per heavy atom. The molecule has 0 radical (unpaired) electrons. The number of nitrogens with one attached hydrogen (secondary N) is 2. The Hall–Kier alpha value is -3.40. The molecule has 4 aromatic heterocycles. The van der Waals surface area contributed by atoms with E-state index in [9.17, 15) is 9.18 Å². The summed E-state index contributed by atoms with van der Waals surface area (Å²) in [6, 6.07) is 5.33. The van der Waals surface area contributed by atoms with Crippen molar-refractivity contribution < 1.29 is 4.39 Å². The molecular weight excluding hydrogens is 417 g/mol. The lowest BCUT2D eigenvalue weighted by Gasteiger charge is -2.16. The normalized spacial score (nSPS) is 18.4. The maximum atomic E-state index is 14.8. The minimum absolute atomic E-state index is 0.0777. The first-order valence-corrected chi connectivity index (χ1v) is 10.9. The van der Waals surface area contributed by atoms with E-state index in [0.29, 0.717) is 16.3 Å². The van der Waals surface area contributed by atoms with Crippen molar-refractivity contribution in [1.82, 2.24) is 24.7 Å². The maximum absolute atomic E-state index is 14.8. The van der Waals surface area contributed by atoms with Crippen LogP contribution >= 0.6 is 11.3 Å². The van der Waals surface area contributed by atoms with Crippen LogP contribution in [-0.4, -0.2) is 36.8 Å². The van der Waals surface area contributed by atoms with Crippen LogP contribution in [0.2, 0.25) is 0 Å². The number of rotatable bonds is 5. The summed E-state index contributed by atoms with van der Waals surface area (Å²) in [4.78, 5) is 21.1. The molecule has 158 valence electrons. The van der Waals surface area contributed by atoms with Crippen LogP contribution in [0.15, 0.2) is 47.0 Å². The molecule has 31 heavy (non-hydrogen) atoms. The standard InChI is InChI=1S/C21H20FN7OS/c1-12-10-24-21(28-27-12)26-15-3-2-14(8-15)25-19-17(22)9-16(11-23-19)29-6-4-13-5-7-31-18(13)20(29)30/h4-7,9-11,14-15H,2-3,8H2,1H3,(H,23,25)(H,24,26,28)/t14-,15-/m0/s1. The van der Waals surface area contributed by atoms with E-state index in [0.717, 1.165) is 30.3 Å². The van der Waals surface area contributed by atoms with E-state index < -0.39 is 5.82 Å². The van der Waals surface area contributed by atoms with Gasteiger partial charge in [-0.3, -0.25) is 9.36 Å². The average molecular weight is 438 g/mol. The molecule has 0 saturated heterocycles. The first kappa shape index (κ1) is 19.6. The third-order valence-electron chi connectivity index (χ3n) is 5.40. The molecule has 0 amide bonds. The Kier molecular flexibility index (Phi) is 5.06. The van der Waals surface area contributed by atoms with Crippen molar-refractivity contribution >= 4 is 33.2 Å². The largest absolute Gasteiger partial charge is 0.365 e. The van der Waals surface area contributed by atoms with Crippen LogP contribution in [0.25, 0.3) is 15.8 Å². The summed E-state index contributed by atoms with van der Waals surface area (Å²) in [5.41, 5.74) is 0.990. The lowest BCUT2D eigenvalue weighted by molar-refractivity contribution is 0.615. The summed E-state index contributed by atoms with van der Waals surface area (Å²) < 4.78 is 16.8. The van der Waals surface area contributed by atoms with Crippen molar-refractivity contribution in [3.05, 3.63) is 64.0 Å². The molecule has 1 aliphatic rings. The zero-order valence-corrected chi connectivity index (χ0v) is 17.6. The monoisotopic (exact) mass is 437 g/mol. The molecule has 2 atom stereocenters. The molecule has 0 spiro atoms. The number of anilines is 2. The molecule has 10 heteroatoms. The minimum Gasteiger partial charge on any atom is -0.365 e. The van der Waals surface area contributed by atoms with Gasteiger partial charge in [-0.15, -0.1) is 16.4 Å². The first-order valence-electron chi connectivity index (χ1n) is 10.0. The summed E-state index contributed by atoms with van der Waals surface area (Å²) in [6.07, 6.45) is 7.40. The molecule has 4 heterocycles. The van der Waals surface area contributed by atoms with E-state index in [-0.39, 0.29) is 23.5 Å². The number of aryl methyl sites for hydroxylation is 1. The SMILES string of the molecule is Cc1cnc(N[C@H]2CC[C@H](Nc3ncc(-n4ccc5ccsc5c4=O)cc3F)C2)nn1. The second kappa shape index (κ2) is 8.03. The van der Waals surface area contributed by atoms with Crippen molar-refractivity contribution in [1.29, 1.82) is 0 Å². The van der Waals surface area contributed by atoms with Crippen molar-refractivity contribution in [2.75, 3.05) is 10.6 Å². The quantitative estimate of drug-likeness (QED) is 0.493. The molecular formula is C21H20FN7OS. The molecule has 0 aromatic carbocycles. The van der Waals surface area contributed by atoms with Gasteiger partial charge in [0.05, 0.1) is 23.8 Å². The maximum Gasteiger partial charge on any atom is 0.273 e. The zero-order valence-electron chi connectivity index (χ0n) is 16.7. The Balaban J connectivity index is 1.28. The van der Waals surface area contributed by atoms with E-state index in [4.69, 9.17) is 0 Å². The van der Waals surface area contributed by atoms with Crippen LogP contribution in [0.4, 0.5) is 16.2 Å². The number of hydrogen-bond acceptors (Lipinski definition) is 8. The van der Waals surface area contributed by atoms with Gasteiger partial charge in [0.15, 0.2) is 11.6 Å². The van der Waals surface area contributed by atoms with Crippen LogP contribution in [0.3, 0.4) is 0 Å². The summed E-state index contributed by atoms with van der Waals surface area (Å²) in [6.45, 7) is 1.84. The third-order valence-corrected chi connectivity index (χ3v) is 6.32. The number of aromatic nitrogens is 5. The van der Waals surface area contributed by atoms with Gasteiger partial charge in [0.2, 0.25) is 5.95 Å². The number of hydrogen-bond donors (Lipinski definition) is 2. The third kappa shape index (κ3) is 3.98. The lowest BCUT2D eigenvalue weighted by atomic mass is 10.2. The molecule has 0 unspecified atom stereocenters. The van der Waals surface area contributed by atoms with Crippen LogP contribution in [0.1, 0.15) is 25.0 Å². The van der Waals surface area contributed by atoms with E-state index in [1.807, 2.05) is 24.4 Å². The van der Waals surface area contributed by atoms with Crippen molar-refractivity contribution in [3.63, 3.8) is 0 Å². The molecule has 0 bridgehead atoms. The van der Waals surface area contributed by atoms with Crippen LogP contribution in [0.5, 0.6) is 0 Å².